The Morgan fingerprint density at radius 3 is 2.52 bits per heavy atom. The third-order valence-electron chi connectivity index (χ3n) is 3.63. The van der Waals surface area contributed by atoms with Gasteiger partial charge in [-0.15, -0.1) is 0 Å². The van der Waals surface area contributed by atoms with E-state index in [1.807, 2.05) is 60.2 Å². The van der Waals surface area contributed by atoms with Gasteiger partial charge in [0.2, 0.25) is 5.91 Å². The van der Waals surface area contributed by atoms with Crippen LogP contribution in [0.15, 0.2) is 61.1 Å². The molecule has 0 aliphatic heterocycles. The fourth-order valence-electron chi connectivity index (χ4n) is 2.51. The molecular formula is C18H18N4O. The molecule has 23 heavy (non-hydrogen) atoms. The first-order chi connectivity index (χ1) is 11.1. The van der Waals surface area contributed by atoms with Crippen molar-refractivity contribution in [2.75, 3.05) is 0 Å². The maximum Gasteiger partial charge on any atom is 0.217 e. The Hall–Kier alpha value is -2.95. The summed E-state index contributed by atoms with van der Waals surface area (Å²) in [6.45, 7) is 3.49. The molecule has 2 aromatic heterocycles. The Balaban J connectivity index is 1.89. The minimum Gasteiger partial charge on any atom is -0.350 e. The lowest BCUT2D eigenvalue weighted by atomic mass is 10.1. The molecule has 1 amide bonds. The van der Waals surface area contributed by atoms with E-state index >= 15 is 0 Å². The SMILES string of the molecule is CC(=O)NC(C)c1ccc(-n2ccnc2-c2ccccn2)cc1. The fraction of sp³-hybridized carbons (Fsp3) is 0.167. The zero-order valence-corrected chi connectivity index (χ0v) is 13.1. The third kappa shape index (κ3) is 3.29. The highest BCUT2D eigenvalue weighted by atomic mass is 16.1. The summed E-state index contributed by atoms with van der Waals surface area (Å²) in [6.07, 6.45) is 5.43. The maximum atomic E-state index is 11.2. The molecule has 5 nitrogen and oxygen atoms in total. The number of carbonyl (C=O) groups is 1. The van der Waals surface area contributed by atoms with Crippen molar-refractivity contribution >= 4 is 5.91 Å². The van der Waals surface area contributed by atoms with Gasteiger partial charge in [0.05, 0.1) is 6.04 Å². The number of benzene rings is 1. The van der Waals surface area contributed by atoms with Crippen molar-refractivity contribution in [3.05, 3.63) is 66.6 Å². The van der Waals surface area contributed by atoms with Gasteiger partial charge in [0.25, 0.3) is 0 Å². The number of amides is 1. The lowest BCUT2D eigenvalue weighted by Gasteiger charge is -2.14. The standard InChI is InChI=1S/C18H18N4O/c1-13(21-14(2)23)15-6-8-16(9-7-15)22-12-11-20-18(22)17-5-3-4-10-19-17/h3-13H,1-2H3,(H,21,23). The predicted octanol–water partition coefficient (Wildman–Crippen LogP) is 3.13. The second-order valence-corrected chi connectivity index (χ2v) is 5.35. The number of aromatic nitrogens is 3. The van der Waals surface area contributed by atoms with Crippen molar-refractivity contribution in [1.29, 1.82) is 0 Å². The third-order valence-corrected chi connectivity index (χ3v) is 3.63. The van der Waals surface area contributed by atoms with Gasteiger partial charge in [0.1, 0.15) is 5.69 Å². The zero-order chi connectivity index (χ0) is 16.2. The van der Waals surface area contributed by atoms with Gasteiger partial charge >= 0.3 is 0 Å². The van der Waals surface area contributed by atoms with Gasteiger partial charge < -0.3 is 5.32 Å². The van der Waals surface area contributed by atoms with E-state index < -0.39 is 0 Å². The van der Waals surface area contributed by atoms with E-state index in [4.69, 9.17) is 0 Å². The fourth-order valence-corrected chi connectivity index (χ4v) is 2.51. The molecule has 116 valence electrons. The second-order valence-electron chi connectivity index (χ2n) is 5.35. The van der Waals surface area contributed by atoms with Crippen molar-refractivity contribution in [3.63, 3.8) is 0 Å². The number of nitrogens with one attached hydrogen (secondary N) is 1. The average molecular weight is 306 g/mol. The monoisotopic (exact) mass is 306 g/mol. The Bertz CT molecular complexity index is 793. The zero-order valence-electron chi connectivity index (χ0n) is 13.1. The van der Waals surface area contributed by atoms with Gasteiger partial charge in [0.15, 0.2) is 5.82 Å². The minimum absolute atomic E-state index is 0.0143. The topological polar surface area (TPSA) is 59.8 Å². The number of hydrogen-bond donors (Lipinski definition) is 1. The van der Waals surface area contributed by atoms with Crippen LogP contribution in [-0.2, 0) is 4.79 Å². The lowest BCUT2D eigenvalue weighted by Crippen LogP contribution is -2.23. The van der Waals surface area contributed by atoms with E-state index in [0.717, 1.165) is 22.8 Å². The van der Waals surface area contributed by atoms with Gasteiger partial charge in [-0.25, -0.2) is 4.98 Å². The highest BCUT2D eigenvalue weighted by Gasteiger charge is 2.10. The Labute approximate surface area is 135 Å². The molecule has 0 saturated carbocycles. The molecule has 5 heteroatoms. The first-order valence-electron chi connectivity index (χ1n) is 7.47. The summed E-state index contributed by atoms with van der Waals surface area (Å²) in [4.78, 5) is 19.9. The van der Waals surface area contributed by atoms with Gasteiger partial charge in [-0.05, 0) is 36.8 Å². The summed E-state index contributed by atoms with van der Waals surface area (Å²) >= 11 is 0. The van der Waals surface area contributed by atoms with Crippen LogP contribution in [0.4, 0.5) is 0 Å². The van der Waals surface area contributed by atoms with Crippen LogP contribution < -0.4 is 5.32 Å². The summed E-state index contributed by atoms with van der Waals surface area (Å²) in [5.74, 6) is 0.766. The largest absolute Gasteiger partial charge is 0.350 e. The number of hydrogen-bond acceptors (Lipinski definition) is 3. The number of nitrogens with zero attached hydrogens (tertiary/aromatic N) is 3. The average Bonchev–Trinajstić information content (AvgIpc) is 3.05. The Morgan fingerprint density at radius 2 is 1.87 bits per heavy atom. The molecule has 1 N–H and O–H groups in total. The summed E-state index contributed by atoms with van der Waals surface area (Å²) in [5.41, 5.74) is 2.89. The van der Waals surface area contributed by atoms with Crippen LogP contribution in [-0.4, -0.2) is 20.4 Å². The summed E-state index contributed by atoms with van der Waals surface area (Å²) in [5, 5.41) is 2.88. The molecule has 0 fully saturated rings. The molecule has 3 rings (SSSR count). The number of pyridine rings is 1. The molecule has 0 radical (unpaired) electrons. The second kappa shape index (κ2) is 6.44. The van der Waals surface area contributed by atoms with Crippen LogP contribution in [0.2, 0.25) is 0 Å². The number of imidazole rings is 1. The van der Waals surface area contributed by atoms with Crippen LogP contribution in [0.1, 0.15) is 25.5 Å². The lowest BCUT2D eigenvalue weighted by molar-refractivity contribution is -0.119. The first kappa shape index (κ1) is 15.0. The molecule has 1 unspecified atom stereocenters. The maximum absolute atomic E-state index is 11.2. The normalized spacial score (nSPS) is 11.9. The highest BCUT2D eigenvalue weighted by Crippen LogP contribution is 2.21. The quantitative estimate of drug-likeness (QED) is 0.805. The molecule has 0 aliphatic carbocycles. The molecule has 0 saturated heterocycles. The summed E-state index contributed by atoms with van der Waals surface area (Å²) < 4.78 is 2.00. The van der Waals surface area contributed by atoms with Crippen LogP contribution >= 0.6 is 0 Å². The highest BCUT2D eigenvalue weighted by molar-refractivity contribution is 5.73. The van der Waals surface area contributed by atoms with Crippen molar-refractivity contribution < 1.29 is 4.79 Å². The molecule has 0 bridgehead atoms. The van der Waals surface area contributed by atoms with E-state index in [-0.39, 0.29) is 11.9 Å². The molecular weight excluding hydrogens is 288 g/mol. The van der Waals surface area contributed by atoms with Crippen LogP contribution in [0.25, 0.3) is 17.2 Å². The van der Waals surface area contributed by atoms with E-state index in [1.165, 1.54) is 6.92 Å². The molecule has 2 heterocycles. The number of carbonyl (C=O) groups excluding carboxylic acids is 1. The van der Waals surface area contributed by atoms with Crippen LogP contribution in [0.5, 0.6) is 0 Å². The van der Waals surface area contributed by atoms with Gasteiger partial charge in [-0.1, -0.05) is 18.2 Å². The summed E-state index contributed by atoms with van der Waals surface area (Å²) in [6, 6.07) is 13.8. The van der Waals surface area contributed by atoms with Gasteiger partial charge in [-0.3, -0.25) is 14.3 Å². The summed E-state index contributed by atoms with van der Waals surface area (Å²) in [7, 11) is 0. The molecule has 1 atom stereocenters. The molecule has 1 aromatic carbocycles. The van der Waals surface area contributed by atoms with Gasteiger partial charge in [-0.2, -0.15) is 0 Å². The number of rotatable bonds is 4. The Kier molecular flexibility index (Phi) is 4.19. The smallest absolute Gasteiger partial charge is 0.217 e. The molecule has 0 aliphatic rings. The van der Waals surface area contributed by atoms with Gasteiger partial charge in [0, 0.05) is 31.2 Å². The molecule has 0 spiro atoms. The minimum atomic E-state index is -0.0337. The van der Waals surface area contributed by atoms with E-state index in [2.05, 4.69) is 15.3 Å². The molecule has 3 aromatic rings. The first-order valence-corrected chi connectivity index (χ1v) is 7.47. The van der Waals surface area contributed by atoms with Crippen molar-refractivity contribution in [2.45, 2.75) is 19.9 Å². The van der Waals surface area contributed by atoms with E-state index in [9.17, 15) is 4.79 Å². The van der Waals surface area contributed by atoms with Crippen molar-refractivity contribution in [3.8, 4) is 17.2 Å². The van der Waals surface area contributed by atoms with Crippen LogP contribution in [0, 0.1) is 0 Å². The van der Waals surface area contributed by atoms with Crippen molar-refractivity contribution in [1.82, 2.24) is 19.9 Å². The van der Waals surface area contributed by atoms with Crippen LogP contribution in [0.3, 0.4) is 0 Å². The Morgan fingerprint density at radius 1 is 1.09 bits per heavy atom. The predicted molar refractivity (Wildman–Crippen MR) is 89.0 cm³/mol. The van der Waals surface area contributed by atoms with E-state index in [1.54, 1.807) is 12.4 Å². The van der Waals surface area contributed by atoms with E-state index in [0.29, 0.717) is 0 Å². The van der Waals surface area contributed by atoms with Crippen molar-refractivity contribution in [2.24, 2.45) is 0 Å².